The molecule has 0 radical (unpaired) electrons. The zero-order chi connectivity index (χ0) is 23.4. The molecule has 2 unspecified atom stereocenters. The summed E-state index contributed by atoms with van der Waals surface area (Å²) in [5.41, 5.74) is 3.47. The number of nitrogens with one attached hydrogen (secondary N) is 1. The van der Waals surface area contributed by atoms with Gasteiger partial charge in [0, 0.05) is 40.5 Å². The fourth-order valence-electron chi connectivity index (χ4n) is 5.39. The molecule has 2 bridgehead atoms. The Morgan fingerprint density at radius 1 is 1.12 bits per heavy atom. The molecule has 2 atom stereocenters. The molecule has 34 heavy (non-hydrogen) atoms. The molecule has 3 amide bonds. The van der Waals surface area contributed by atoms with Crippen molar-refractivity contribution in [2.45, 2.75) is 38.0 Å². The summed E-state index contributed by atoms with van der Waals surface area (Å²) >= 11 is 6.16. The van der Waals surface area contributed by atoms with Crippen LogP contribution in [0.25, 0.3) is 0 Å². The van der Waals surface area contributed by atoms with Crippen molar-refractivity contribution in [3.63, 3.8) is 0 Å². The highest BCUT2D eigenvalue weighted by Gasteiger charge is 2.49. The number of nitrogens with zero attached hydrogens (tertiary/aromatic N) is 2. The first-order chi connectivity index (χ1) is 16.4. The highest BCUT2D eigenvalue weighted by molar-refractivity contribution is 6.30. The van der Waals surface area contributed by atoms with E-state index in [9.17, 15) is 9.59 Å². The molecule has 6 rings (SSSR count). The monoisotopic (exact) mass is 473 g/mol. The van der Waals surface area contributed by atoms with Gasteiger partial charge in [0.1, 0.15) is 5.75 Å². The number of amides is 3. The van der Waals surface area contributed by atoms with Crippen LogP contribution in [0.2, 0.25) is 5.02 Å². The largest absolute Gasteiger partial charge is 0.467 e. The quantitative estimate of drug-likeness (QED) is 0.519. The van der Waals surface area contributed by atoms with Crippen LogP contribution in [0.3, 0.4) is 0 Å². The molecule has 1 saturated heterocycles. The standard InChI is InChI=1S/C27H24ClN3O3/c1-27-16-22(21-15-19(28)10-13-24(21)34-27)29-26(33)31(27)20-11-8-18(9-12-20)25(32)30-14-4-6-17-5-2-3-7-23(17)30/h2-3,5,7-13,15,22H,4,6,14,16H2,1H3,(H,29,33). The van der Waals surface area contributed by atoms with E-state index in [1.165, 1.54) is 5.56 Å². The maximum atomic E-state index is 13.3. The van der Waals surface area contributed by atoms with E-state index in [1.54, 1.807) is 23.1 Å². The molecule has 1 N–H and O–H groups in total. The minimum absolute atomic E-state index is 0.0345. The number of fused-ring (bicyclic) bond motifs is 5. The molecule has 3 heterocycles. The third-order valence-electron chi connectivity index (χ3n) is 6.96. The molecule has 3 aliphatic rings. The Balaban J connectivity index is 1.29. The van der Waals surface area contributed by atoms with E-state index in [4.69, 9.17) is 16.3 Å². The van der Waals surface area contributed by atoms with Gasteiger partial charge in [-0.05, 0) is 73.9 Å². The third kappa shape index (κ3) is 3.32. The van der Waals surface area contributed by atoms with Crippen LogP contribution in [0, 0.1) is 0 Å². The van der Waals surface area contributed by atoms with Crippen molar-refractivity contribution >= 4 is 34.9 Å². The number of hydrogen-bond donors (Lipinski definition) is 1. The van der Waals surface area contributed by atoms with Gasteiger partial charge in [0.2, 0.25) is 0 Å². The molecule has 0 aromatic heterocycles. The Labute approximate surface area is 203 Å². The van der Waals surface area contributed by atoms with Crippen LogP contribution in [-0.2, 0) is 6.42 Å². The van der Waals surface area contributed by atoms with Gasteiger partial charge in [-0.3, -0.25) is 9.69 Å². The number of aryl methyl sites for hydroxylation is 1. The molecule has 0 spiro atoms. The van der Waals surface area contributed by atoms with E-state index in [1.807, 2.05) is 54.3 Å². The Morgan fingerprint density at radius 3 is 2.74 bits per heavy atom. The van der Waals surface area contributed by atoms with Crippen molar-refractivity contribution in [3.05, 3.63) is 88.4 Å². The van der Waals surface area contributed by atoms with Crippen molar-refractivity contribution in [1.29, 1.82) is 0 Å². The van der Waals surface area contributed by atoms with E-state index in [0.29, 0.717) is 35.0 Å². The van der Waals surface area contributed by atoms with Gasteiger partial charge in [0.25, 0.3) is 5.91 Å². The summed E-state index contributed by atoms with van der Waals surface area (Å²) in [6.07, 6.45) is 2.51. The van der Waals surface area contributed by atoms with E-state index < -0.39 is 5.72 Å². The van der Waals surface area contributed by atoms with Crippen LogP contribution in [-0.4, -0.2) is 24.2 Å². The molecule has 3 aromatic carbocycles. The Kier molecular flexibility index (Phi) is 4.81. The number of carbonyl (C=O) groups excluding carboxylic acids is 2. The van der Waals surface area contributed by atoms with Crippen molar-refractivity contribution < 1.29 is 14.3 Å². The van der Waals surface area contributed by atoms with Crippen LogP contribution < -0.4 is 19.9 Å². The zero-order valence-corrected chi connectivity index (χ0v) is 19.5. The van der Waals surface area contributed by atoms with Gasteiger partial charge in [0.05, 0.1) is 6.04 Å². The maximum absolute atomic E-state index is 13.3. The van der Waals surface area contributed by atoms with E-state index in [2.05, 4.69) is 11.4 Å². The van der Waals surface area contributed by atoms with Crippen molar-refractivity contribution in [1.82, 2.24) is 5.32 Å². The lowest BCUT2D eigenvalue weighted by Crippen LogP contribution is -2.65. The molecule has 0 aliphatic carbocycles. The van der Waals surface area contributed by atoms with Crippen LogP contribution in [0.15, 0.2) is 66.7 Å². The number of para-hydroxylation sites is 1. The SMILES string of the molecule is CC12CC(NC(=O)N1c1ccc(C(=O)N3CCCc4ccccc43)cc1)c1cc(Cl)ccc1O2. The zero-order valence-electron chi connectivity index (χ0n) is 18.8. The van der Waals surface area contributed by atoms with Gasteiger partial charge in [-0.15, -0.1) is 0 Å². The van der Waals surface area contributed by atoms with E-state index in [0.717, 1.165) is 24.1 Å². The number of benzene rings is 3. The summed E-state index contributed by atoms with van der Waals surface area (Å²) in [7, 11) is 0. The minimum atomic E-state index is -0.856. The fourth-order valence-corrected chi connectivity index (χ4v) is 5.57. The average molecular weight is 474 g/mol. The van der Waals surface area contributed by atoms with Gasteiger partial charge in [-0.2, -0.15) is 0 Å². The van der Waals surface area contributed by atoms with Crippen LogP contribution in [0.4, 0.5) is 16.2 Å². The second kappa shape index (κ2) is 7.77. The Hall–Kier alpha value is -3.51. The van der Waals surface area contributed by atoms with E-state index >= 15 is 0 Å². The Bertz CT molecular complexity index is 1310. The fraction of sp³-hybridized carbons (Fsp3) is 0.259. The number of anilines is 2. The first kappa shape index (κ1) is 21.1. The molecule has 7 heteroatoms. The lowest BCUT2D eigenvalue weighted by molar-refractivity contribution is 0.0379. The predicted molar refractivity (Wildman–Crippen MR) is 132 cm³/mol. The maximum Gasteiger partial charge on any atom is 0.325 e. The molecule has 6 nitrogen and oxygen atoms in total. The van der Waals surface area contributed by atoms with Crippen molar-refractivity contribution in [3.8, 4) is 5.75 Å². The number of ether oxygens (including phenoxy) is 1. The number of rotatable bonds is 2. The van der Waals surface area contributed by atoms with Crippen LogP contribution in [0.1, 0.15) is 47.3 Å². The summed E-state index contributed by atoms with van der Waals surface area (Å²) in [5, 5.41) is 3.69. The lowest BCUT2D eigenvalue weighted by Gasteiger charge is -2.50. The van der Waals surface area contributed by atoms with Gasteiger partial charge in [-0.1, -0.05) is 29.8 Å². The highest BCUT2D eigenvalue weighted by atomic mass is 35.5. The van der Waals surface area contributed by atoms with Gasteiger partial charge >= 0.3 is 6.03 Å². The second-order valence-electron chi connectivity index (χ2n) is 9.24. The lowest BCUT2D eigenvalue weighted by atomic mass is 9.90. The van der Waals surface area contributed by atoms with Gasteiger partial charge < -0.3 is 15.0 Å². The number of halogens is 1. The Morgan fingerprint density at radius 2 is 1.91 bits per heavy atom. The topological polar surface area (TPSA) is 61.9 Å². The molecule has 3 aromatic rings. The first-order valence-electron chi connectivity index (χ1n) is 11.5. The average Bonchev–Trinajstić information content (AvgIpc) is 2.84. The minimum Gasteiger partial charge on any atom is -0.467 e. The van der Waals surface area contributed by atoms with Crippen molar-refractivity contribution in [2.24, 2.45) is 0 Å². The number of urea groups is 1. The third-order valence-corrected chi connectivity index (χ3v) is 7.20. The molecule has 172 valence electrons. The normalized spacial score (nSPS) is 22.9. The number of hydrogen-bond acceptors (Lipinski definition) is 3. The predicted octanol–water partition coefficient (Wildman–Crippen LogP) is 5.70. The smallest absolute Gasteiger partial charge is 0.325 e. The van der Waals surface area contributed by atoms with Crippen molar-refractivity contribution in [2.75, 3.05) is 16.3 Å². The van der Waals surface area contributed by atoms with Gasteiger partial charge in [-0.25, -0.2) is 4.79 Å². The van der Waals surface area contributed by atoms with Crippen LogP contribution >= 0.6 is 11.6 Å². The summed E-state index contributed by atoms with van der Waals surface area (Å²) in [5.74, 6) is 0.677. The van der Waals surface area contributed by atoms with Gasteiger partial charge in [0.15, 0.2) is 5.72 Å². The van der Waals surface area contributed by atoms with E-state index in [-0.39, 0.29) is 18.0 Å². The second-order valence-corrected chi connectivity index (χ2v) is 9.67. The number of carbonyl (C=O) groups is 2. The van der Waals surface area contributed by atoms with Crippen LogP contribution in [0.5, 0.6) is 5.75 Å². The summed E-state index contributed by atoms with van der Waals surface area (Å²) in [6, 6.07) is 20.3. The molecule has 0 saturated carbocycles. The molecule has 1 fully saturated rings. The molecular formula is C27H24ClN3O3. The highest BCUT2D eigenvalue weighted by Crippen LogP contribution is 2.46. The summed E-state index contributed by atoms with van der Waals surface area (Å²) < 4.78 is 6.33. The molecular weight excluding hydrogens is 450 g/mol. The summed E-state index contributed by atoms with van der Waals surface area (Å²) in [4.78, 5) is 29.9. The molecule has 3 aliphatic heterocycles. The summed E-state index contributed by atoms with van der Waals surface area (Å²) in [6.45, 7) is 2.61. The first-order valence-corrected chi connectivity index (χ1v) is 11.9.